The van der Waals surface area contributed by atoms with Gasteiger partial charge in [0.1, 0.15) is 12.1 Å². The molecule has 0 spiro atoms. The van der Waals surface area contributed by atoms with E-state index in [0.29, 0.717) is 17.1 Å². The second-order valence-corrected chi connectivity index (χ2v) is 4.55. The number of rotatable bonds is 4. The summed E-state index contributed by atoms with van der Waals surface area (Å²) in [5, 5.41) is 0.566. The molecule has 4 nitrogen and oxygen atoms in total. The lowest BCUT2D eigenvalue weighted by Crippen LogP contribution is -2.19. The second kappa shape index (κ2) is 5.23. The highest BCUT2D eigenvalue weighted by molar-refractivity contribution is 6.33. The van der Waals surface area contributed by atoms with Crippen molar-refractivity contribution in [2.75, 3.05) is 11.9 Å². The Balaban J connectivity index is 2.21. The number of halogens is 1. The summed E-state index contributed by atoms with van der Waals surface area (Å²) in [6, 6.07) is 5.26. The Hall–Kier alpha value is -1.81. The van der Waals surface area contributed by atoms with Gasteiger partial charge in [-0.3, -0.25) is 4.79 Å². The van der Waals surface area contributed by atoms with Crippen LogP contribution in [0.15, 0.2) is 30.6 Å². The zero-order chi connectivity index (χ0) is 13.1. The number of benzene rings is 1. The number of carbonyl (C=O) groups is 1. The zero-order valence-electron chi connectivity index (χ0n) is 10.3. The molecule has 0 aliphatic rings. The topological polar surface area (TPSA) is 38.1 Å². The maximum atomic E-state index is 10.7. The normalized spacial score (nSPS) is 10.4. The van der Waals surface area contributed by atoms with Crippen LogP contribution in [0, 0.1) is 0 Å². The number of anilines is 1. The summed E-state index contributed by atoms with van der Waals surface area (Å²) in [4.78, 5) is 16.9. The van der Waals surface area contributed by atoms with E-state index >= 15 is 0 Å². The quantitative estimate of drug-likeness (QED) is 0.796. The third kappa shape index (κ3) is 2.54. The molecule has 5 heteroatoms. The van der Waals surface area contributed by atoms with Gasteiger partial charge in [-0.15, -0.1) is 0 Å². The third-order valence-electron chi connectivity index (χ3n) is 2.82. The van der Waals surface area contributed by atoms with Gasteiger partial charge in [0.25, 0.3) is 0 Å². The molecule has 18 heavy (non-hydrogen) atoms. The summed E-state index contributed by atoms with van der Waals surface area (Å²) in [6.45, 7) is 0.656. The molecule has 1 aromatic carbocycles. The molecule has 0 atom stereocenters. The minimum Gasteiger partial charge on any atom is -0.366 e. The van der Waals surface area contributed by atoms with Crippen LogP contribution >= 0.6 is 11.6 Å². The maximum Gasteiger partial charge on any atom is 0.150 e. The lowest BCUT2D eigenvalue weighted by atomic mass is 10.2. The summed E-state index contributed by atoms with van der Waals surface area (Å²) < 4.78 is 1.96. The van der Waals surface area contributed by atoms with Gasteiger partial charge in [0.15, 0.2) is 0 Å². The largest absolute Gasteiger partial charge is 0.366 e. The molecule has 0 radical (unpaired) electrons. The number of carbonyl (C=O) groups excluding carboxylic acids is 1. The van der Waals surface area contributed by atoms with E-state index in [2.05, 4.69) is 4.98 Å². The summed E-state index contributed by atoms with van der Waals surface area (Å²) in [7, 11) is 3.89. The molecule has 0 aliphatic carbocycles. The van der Waals surface area contributed by atoms with Crippen LogP contribution in [0.3, 0.4) is 0 Å². The minimum atomic E-state index is 0.566. The predicted octanol–water partition coefficient (Wildman–Crippen LogP) is 2.52. The number of nitrogens with zero attached hydrogens (tertiary/aromatic N) is 3. The monoisotopic (exact) mass is 263 g/mol. The Kier molecular flexibility index (Phi) is 3.67. The molecule has 0 saturated heterocycles. The fourth-order valence-corrected chi connectivity index (χ4v) is 2.09. The number of imidazole rings is 1. The smallest absolute Gasteiger partial charge is 0.150 e. The fourth-order valence-electron chi connectivity index (χ4n) is 1.75. The van der Waals surface area contributed by atoms with Crippen LogP contribution in [-0.2, 0) is 13.6 Å². The lowest BCUT2D eigenvalue weighted by Gasteiger charge is -2.20. The number of aromatic nitrogens is 2. The van der Waals surface area contributed by atoms with E-state index < -0.39 is 0 Å². The average molecular weight is 264 g/mol. The zero-order valence-corrected chi connectivity index (χ0v) is 11.1. The Bertz CT molecular complexity index is 565. The Labute approximate surface area is 111 Å². The van der Waals surface area contributed by atoms with Gasteiger partial charge < -0.3 is 9.47 Å². The van der Waals surface area contributed by atoms with Crippen molar-refractivity contribution in [3.05, 3.63) is 47.0 Å². The van der Waals surface area contributed by atoms with E-state index in [1.165, 1.54) is 0 Å². The minimum absolute atomic E-state index is 0.566. The van der Waals surface area contributed by atoms with Crippen molar-refractivity contribution in [1.82, 2.24) is 9.55 Å². The highest BCUT2D eigenvalue weighted by atomic mass is 35.5. The fraction of sp³-hybridized carbons (Fsp3) is 0.231. The summed E-state index contributed by atoms with van der Waals surface area (Å²) >= 11 is 6.16. The molecule has 0 saturated carbocycles. The van der Waals surface area contributed by atoms with Gasteiger partial charge >= 0.3 is 0 Å². The molecule has 0 aliphatic heterocycles. The van der Waals surface area contributed by atoms with E-state index in [0.717, 1.165) is 17.8 Å². The van der Waals surface area contributed by atoms with E-state index in [-0.39, 0.29) is 0 Å². The Morgan fingerprint density at radius 2 is 2.28 bits per heavy atom. The Morgan fingerprint density at radius 1 is 1.50 bits per heavy atom. The molecule has 1 aromatic heterocycles. The highest BCUT2D eigenvalue weighted by Gasteiger charge is 2.09. The molecule has 0 unspecified atom stereocenters. The van der Waals surface area contributed by atoms with E-state index in [9.17, 15) is 4.79 Å². The highest BCUT2D eigenvalue weighted by Crippen LogP contribution is 2.26. The SMILES string of the molecule is CN(Cc1nccn1C)c1ccc(C=O)cc1Cl. The molecule has 0 amide bonds. The van der Waals surface area contributed by atoms with Crippen molar-refractivity contribution < 1.29 is 4.79 Å². The Morgan fingerprint density at radius 3 is 2.83 bits per heavy atom. The number of hydrogen-bond donors (Lipinski definition) is 0. The number of aryl methyl sites for hydroxylation is 1. The standard InChI is InChI=1S/C13H14ClN3O/c1-16-6-5-15-13(16)8-17(2)12-4-3-10(9-18)7-11(12)14/h3-7,9H,8H2,1-2H3. The van der Waals surface area contributed by atoms with Crippen molar-refractivity contribution >= 4 is 23.6 Å². The van der Waals surface area contributed by atoms with E-state index in [1.807, 2.05) is 35.8 Å². The van der Waals surface area contributed by atoms with Crippen LogP contribution in [0.25, 0.3) is 0 Å². The van der Waals surface area contributed by atoms with Gasteiger partial charge in [-0.25, -0.2) is 4.98 Å². The third-order valence-corrected chi connectivity index (χ3v) is 3.12. The van der Waals surface area contributed by atoms with Crippen LogP contribution in [0.2, 0.25) is 5.02 Å². The molecule has 2 rings (SSSR count). The first kappa shape index (κ1) is 12.6. The lowest BCUT2D eigenvalue weighted by molar-refractivity contribution is 0.112. The summed E-state index contributed by atoms with van der Waals surface area (Å²) in [5.74, 6) is 0.952. The van der Waals surface area contributed by atoms with E-state index in [4.69, 9.17) is 11.6 Å². The average Bonchev–Trinajstić information content (AvgIpc) is 2.74. The van der Waals surface area contributed by atoms with Gasteiger partial charge in [-0.2, -0.15) is 0 Å². The van der Waals surface area contributed by atoms with Gasteiger partial charge in [0.05, 0.1) is 17.3 Å². The summed E-state index contributed by atoms with van der Waals surface area (Å²) in [5.41, 5.74) is 1.46. The van der Waals surface area contributed by atoms with Gasteiger partial charge in [-0.05, 0) is 18.2 Å². The van der Waals surface area contributed by atoms with Crippen LogP contribution < -0.4 is 4.90 Å². The molecule has 1 heterocycles. The van der Waals surface area contributed by atoms with Crippen molar-refractivity contribution in [2.24, 2.45) is 7.05 Å². The molecule has 2 aromatic rings. The van der Waals surface area contributed by atoms with Crippen molar-refractivity contribution in [2.45, 2.75) is 6.54 Å². The van der Waals surface area contributed by atoms with Crippen LogP contribution in [0.1, 0.15) is 16.2 Å². The molecule has 94 valence electrons. The van der Waals surface area contributed by atoms with E-state index in [1.54, 1.807) is 18.3 Å². The first-order valence-electron chi connectivity index (χ1n) is 5.54. The van der Waals surface area contributed by atoms with Gasteiger partial charge in [0.2, 0.25) is 0 Å². The molecular weight excluding hydrogens is 250 g/mol. The molecule has 0 fully saturated rings. The number of aldehydes is 1. The van der Waals surface area contributed by atoms with Crippen molar-refractivity contribution in [3.8, 4) is 0 Å². The van der Waals surface area contributed by atoms with Gasteiger partial charge in [-0.1, -0.05) is 11.6 Å². The van der Waals surface area contributed by atoms with Crippen LogP contribution in [0.5, 0.6) is 0 Å². The van der Waals surface area contributed by atoms with Crippen molar-refractivity contribution in [3.63, 3.8) is 0 Å². The first-order valence-corrected chi connectivity index (χ1v) is 5.91. The number of hydrogen-bond acceptors (Lipinski definition) is 3. The predicted molar refractivity (Wildman–Crippen MR) is 72.2 cm³/mol. The molecule has 0 N–H and O–H groups in total. The summed E-state index contributed by atoms with van der Waals surface area (Å²) in [6.07, 6.45) is 4.45. The first-order chi connectivity index (χ1) is 8.61. The molecular formula is C13H14ClN3O. The maximum absolute atomic E-state index is 10.7. The molecule has 0 bridgehead atoms. The van der Waals surface area contributed by atoms with Crippen LogP contribution in [-0.4, -0.2) is 22.9 Å². The second-order valence-electron chi connectivity index (χ2n) is 4.14. The van der Waals surface area contributed by atoms with Crippen molar-refractivity contribution in [1.29, 1.82) is 0 Å². The van der Waals surface area contributed by atoms with Crippen LogP contribution in [0.4, 0.5) is 5.69 Å². The van der Waals surface area contributed by atoms with Gasteiger partial charge in [0, 0.05) is 32.1 Å².